The largest absolute Gasteiger partial charge is 0.493 e. The SMILES string of the molecule is Cc1cc(Cl)ccc1OCCCC(=O)N(Cc1nnc(-c2ccccc2Cl)o1)C1CC1. The topological polar surface area (TPSA) is 68.5 Å². The molecule has 1 amide bonds. The molecule has 1 aromatic heterocycles. The highest BCUT2D eigenvalue weighted by Crippen LogP contribution is 2.31. The van der Waals surface area contributed by atoms with E-state index < -0.39 is 0 Å². The summed E-state index contributed by atoms with van der Waals surface area (Å²) in [4.78, 5) is 14.7. The number of carbonyl (C=O) groups is 1. The van der Waals surface area contributed by atoms with Crippen molar-refractivity contribution in [2.24, 2.45) is 0 Å². The van der Waals surface area contributed by atoms with Crippen LogP contribution in [-0.2, 0) is 11.3 Å². The fourth-order valence-electron chi connectivity index (χ4n) is 3.34. The first-order valence-electron chi connectivity index (χ1n) is 10.3. The Kier molecular flexibility index (Phi) is 6.78. The average Bonchev–Trinajstić information content (AvgIpc) is 3.49. The zero-order valence-corrected chi connectivity index (χ0v) is 18.7. The number of nitrogens with zero attached hydrogens (tertiary/aromatic N) is 3. The highest BCUT2D eigenvalue weighted by molar-refractivity contribution is 6.33. The molecule has 4 rings (SSSR count). The molecule has 1 heterocycles. The summed E-state index contributed by atoms with van der Waals surface area (Å²) >= 11 is 12.2. The first kappa shape index (κ1) is 21.7. The maximum atomic E-state index is 12.8. The number of hydrogen-bond donors (Lipinski definition) is 0. The third kappa shape index (κ3) is 5.57. The van der Waals surface area contributed by atoms with Gasteiger partial charge in [-0.1, -0.05) is 35.3 Å². The van der Waals surface area contributed by atoms with E-state index in [4.69, 9.17) is 32.4 Å². The molecule has 1 aliphatic carbocycles. The molecule has 1 aliphatic rings. The number of amides is 1. The molecule has 6 nitrogen and oxygen atoms in total. The van der Waals surface area contributed by atoms with Crippen LogP contribution in [0, 0.1) is 6.92 Å². The Bertz CT molecular complexity index is 1070. The molecule has 0 aliphatic heterocycles. The normalized spacial score (nSPS) is 13.3. The summed E-state index contributed by atoms with van der Waals surface area (Å²) in [6, 6.07) is 13.0. The number of halogens is 2. The molecule has 0 radical (unpaired) electrons. The summed E-state index contributed by atoms with van der Waals surface area (Å²) < 4.78 is 11.6. The van der Waals surface area contributed by atoms with Crippen LogP contribution in [0.2, 0.25) is 10.0 Å². The number of aromatic nitrogens is 2. The molecule has 0 atom stereocenters. The lowest BCUT2D eigenvalue weighted by molar-refractivity contribution is -0.133. The number of rotatable bonds is 9. The van der Waals surface area contributed by atoms with Crippen LogP contribution >= 0.6 is 23.2 Å². The second-order valence-electron chi connectivity index (χ2n) is 7.60. The van der Waals surface area contributed by atoms with Crippen molar-refractivity contribution in [3.8, 4) is 17.2 Å². The Morgan fingerprint density at radius 2 is 2.00 bits per heavy atom. The number of hydrogen-bond acceptors (Lipinski definition) is 5. The third-order valence-electron chi connectivity index (χ3n) is 5.11. The molecule has 0 spiro atoms. The zero-order valence-electron chi connectivity index (χ0n) is 17.2. The number of benzene rings is 2. The van der Waals surface area contributed by atoms with Gasteiger partial charge in [-0.05, 0) is 62.1 Å². The Balaban J connectivity index is 1.32. The maximum Gasteiger partial charge on any atom is 0.249 e. The fourth-order valence-corrected chi connectivity index (χ4v) is 3.78. The molecule has 31 heavy (non-hydrogen) atoms. The highest BCUT2D eigenvalue weighted by atomic mass is 35.5. The smallest absolute Gasteiger partial charge is 0.249 e. The van der Waals surface area contributed by atoms with Gasteiger partial charge in [0, 0.05) is 17.5 Å². The van der Waals surface area contributed by atoms with Gasteiger partial charge in [0.15, 0.2) is 0 Å². The lowest BCUT2D eigenvalue weighted by atomic mass is 10.2. The van der Waals surface area contributed by atoms with Crippen LogP contribution in [-0.4, -0.2) is 33.7 Å². The quantitative estimate of drug-likeness (QED) is 0.383. The van der Waals surface area contributed by atoms with E-state index in [-0.39, 0.29) is 11.9 Å². The van der Waals surface area contributed by atoms with Crippen molar-refractivity contribution in [3.05, 3.63) is 64.0 Å². The molecule has 3 aromatic rings. The van der Waals surface area contributed by atoms with E-state index in [1.165, 1.54) is 0 Å². The van der Waals surface area contributed by atoms with E-state index >= 15 is 0 Å². The molecule has 1 fully saturated rings. The van der Waals surface area contributed by atoms with Gasteiger partial charge in [-0.3, -0.25) is 4.79 Å². The first-order valence-corrected chi connectivity index (χ1v) is 11.0. The lowest BCUT2D eigenvalue weighted by Crippen LogP contribution is -2.32. The van der Waals surface area contributed by atoms with E-state index in [1.807, 2.05) is 42.2 Å². The molecular formula is C23H23Cl2N3O3. The fraction of sp³-hybridized carbons (Fsp3) is 0.348. The van der Waals surface area contributed by atoms with E-state index in [0.717, 1.165) is 24.2 Å². The Hall–Kier alpha value is -2.57. The number of carbonyl (C=O) groups excluding carboxylic acids is 1. The third-order valence-corrected chi connectivity index (χ3v) is 5.68. The van der Waals surface area contributed by atoms with Crippen LogP contribution in [0.1, 0.15) is 37.1 Å². The molecular weight excluding hydrogens is 437 g/mol. The minimum atomic E-state index is 0.0661. The highest BCUT2D eigenvalue weighted by Gasteiger charge is 2.33. The summed E-state index contributed by atoms with van der Waals surface area (Å²) in [5.74, 6) is 1.61. The second kappa shape index (κ2) is 9.71. The average molecular weight is 460 g/mol. The van der Waals surface area contributed by atoms with E-state index in [0.29, 0.717) is 53.4 Å². The lowest BCUT2D eigenvalue weighted by Gasteiger charge is -2.20. The van der Waals surface area contributed by atoms with Gasteiger partial charge in [-0.2, -0.15) is 0 Å². The van der Waals surface area contributed by atoms with Crippen molar-refractivity contribution in [2.75, 3.05) is 6.61 Å². The molecule has 0 bridgehead atoms. The monoisotopic (exact) mass is 459 g/mol. The minimum absolute atomic E-state index is 0.0661. The number of ether oxygens (including phenoxy) is 1. The molecule has 0 N–H and O–H groups in total. The van der Waals surface area contributed by atoms with E-state index in [9.17, 15) is 4.79 Å². The predicted octanol–water partition coefficient (Wildman–Crippen LogP) is 5.70. The van der Waals surface area contributed by atoms with Crippen LogP contribution in [0.15, 0.2) is 46.9 Å². The van der Waals surface area contributed by atoms with Crippen LogP contribution < -0.4 is 4.74 Å². The summed E-state index contributed by atoms with van der Waals surface area (Å²) in [6.07, 6.45) is 3.02. The van der Waals surface area contributed by atoms with Gasteiger partial charge in [0.1, 0.15) is 5.75 Å². The van der Waals surface area contributed by atoms with Crippen molar-refractivity contribution < 1.29 is 13.9 Å². The van der Waals surface area contributed by atoms with Crippen molar-refractivity contribution in [2.45, 2.75) is 45.2 Å². The molecule has 1 saturated carbocycles. The Labute approximate surface area is 191 Å². The first-order chi connectivity index (χ1) is 15.0. The van der Waals surface area contributed by atoms with Gasteiger partial charge in [0.25, 0.3) is 0 Å². The molecule has 0 unspecified atom stereocenters. The van der Waals surface area contributed by atoms with Gasteiger partial charge in [-0.15, -0.1) is 10.2 Å². The summed E-state index contributed by atoms with van der Waals surface area (Å²) in [7, 11) is 0. The zero-order chi connectivity index (χ0) is 21.8. The second-order valence-corrected chi connectivity index (χ2v) is 8.44. The van der Waals surface area contributed by atoms with Gasteiger partial charge >= 0.3 is 0 Å². The maximum absolute atomic E-state index is 12.8. The predicted molar refractivity (Wildman–Crippen MR) is 119 cm³/mol. The van der Waals surface area contributed by atoms with E-state index in [2.05, 4.69) is 10.2 Å². The molecule has 8 heteroatoms. The molecule has 0 saturated heterocycles. The van der Waals surface area contributed by atoms with E-state index in [1.54, 1.807) is 12.1 Å². The van der Waals surface area contributed by atoms with Gasteiger partial charge in [0.2, 0.25) is 17.7 Å². The van der Waals surface area contributed by atoms with Crippen LogP contribution in [0.3, 0.4) is 0 Å². The van der Waals surface area contributed by atoms with Crippen LogP contribution in [0.5, 0.6) is 5.75 Å². The molecule has 162 valence electrons. The van der Waals surface area contributed by atoms with Gasteiger partial charge in [0.05, 0.1) is 23.7 Å². The summed E-state index contributed by atoms with van der Waals surface area (Å²) in [5, 5.41) is 9.43. The summed E-state index contributed by atoms with van der Waals surface area (Å²) in [5.41, 5.74) is 1.66. The Morgan fingerprint density at radius 1 is 1.19 bits per heavy atom. The van der Waals surface area contributed by atoms with Crippen LogP contribution in [0.25, 0.3) is 11.5 Å². The van der Waals surface area contributed by atoms with Crippen molar-refractivity contribution in [3.63, 3.8) is 0 Å². The van der Waals surface area contributed by atoms with Crippen LogP contribution in [0.4, 0.5) is 0 Å². The van der Waals surface area contributed by atoms with Gasteiger partial charge in [-0.25, -0.2) is 0 Å². The standard InChI is InChI=1S/C23H23Cl2N3O3/c1-15-13-16(24)8-11-20(15)30-12-4-7-22(29)28(17-9-10-17)14-21-26-27-23(31-21)18-5-2-3-6-19(18)25/h2-3,5-6,8,11,13,17H,4,7,9-10,12,14H2,1H3. The Morgan fingerprint density at radius 3 is 2.74 bits per heavy atom. The van der Waals surface area contributed by atoms with Crippen molar-refractivity contribution in [1.29, 1.82) is 0 Å². The van der Waals surface area contributed by atoms with Crippen molar-refractivity contribution >= 4 is 29.1 Å². The van der Waals surface area contributed by atoms with Crippen molar-refractivity contribution in [1.82, 2.24) is 15.1 Å². The molecule has 2 aromatic carbocycles. The minimum Gasteiger partial charge on any atom is -0.493 e. The van der Waals surface area contributed by atoms with Gasteiger partial charge < -0.3 is 14.1 Å². The summed E-state index contributed by atoms with van der Waals surface area (Å²) in [6.45, 7) is 2.71. The number of aryl methyl sites for hydroxylation is 1.